The van der Waals surface area contributed by atoms with Gasteiger partial charge in [-0.3, -0.25) is 5.32 Å². The molecule has 7 heteroatoms. The van der Waals surface area contributed by atoms with Gasteiger partial charge in [-0.2, -0.15) is 0 Å². The zero-order valence-electron chi connectivity index (χ0n) is 11.5. The van der Waals surface area contributed by atoms with E-state index in [1.807, 2.05) is 31.2 Å². The standard InChI is InChI=1S/C13H16N4O2S/c1-9(10-6-4-5-7-11(10)19-3)17(2)13(18)15-12-16-14-8-20-12/h4-9H,1-3H3,(H,15,16,18)/t9-/m0/s1. The highest BCUT2D eigenvalue weighted by Crippen LogP contribution is 2.28. The maximum atomic E-state index is 12.1. The Morgan fingerprint density at radius 1 is 1.45 bits per heavy atom. The van der Waals surface area contributed by atoms with Gasteiger partial charge in [-0.15, -0.1) is 10.2 Å². The van der Waals surface area contributed by atoms with Crippen molar-refractivity contribution in [1.82, 2.24) is 15.1 Å². The van der Waals surface area contributed by atoms with E-state index in [0.29, 0.717) is 5.13 Å². The molecule has 2 aromatic rings. The highest BCUT2D eigenvalue weighted by molar-refractivity contribution is 7.13. The lowest BCUT2D eigenvalue weighted by Gasteiger charge is -2.26. The number of carbonyl (C=O) groups excluding carboxylic acids is 1. The van der Waals surface area contributed by atoms with Crippen molar-refractivity contribution in [2.75, 3.05) is 19.5 Å². The van der Waals surface area contributed by atoms with Crippen LogP contribution in [0.4, 0.5) is 9.93 Å². The summed E-state index contributed by atoms with van der Waals surface area (Å²) in [6.07, 6.45) is 0. The SMILES string of the molecule is COc1ccccc1[C@H](C)N(C)C(=O)Nc1nncs1. The van der Waals surface area contributed by atoms with Crippen molar-refractivity contribution >= 4 is 22.5 Å². The monoisotopic (exact) mass is 292 g/mol. The van der Waals surface area contributed by atoms with Gasteiger partial charge in [-0.25, -0.2) is 4.79 Å². The van der Waals surface area contributed by atoms with Gasteiger partial charge in [0.15, 0.2) is 0 Å². The van der Waals surface area contributed by atoms with Crippen molar-refractivity contribution in [2.24, 2.45) is 0 Å². The van der Waals surface area contributed by atoms with Crippen LogP contribution in [0, 0.1) is 0 Å². The molecule has 0 radical (unpaired) electrons. The van der Waals surface area contributed by atoms with E-state index in [2.05, 4.69) is 15.5 Å². The van der Waals surface area contributed by atoms with E-state index < -0.39 is 0 Å². The van der Waals surface area contributed by atoms with Crippen molar-refractivity contribution in [3.8, 4) is 5.75 Å². The number of nitrogens with zero attached hydrogens (tertiary/aromatic N) is 3. The number of hydrogen-bond acceptors (Lipinski definition) is 5. The van der Waals surface area contributed by atoms with Gasteiger partial charge < -0.3 is 9.64 Å². The Balaban J connectivity index is 2.11. The molecule has 6 nitrogen and oxygen atoms in total. The number of ether oxygens (including phenoxy) is 1. The number of methoxy groups -OCH3 is 1. The van der Waals surface area contributed by atoms with E-state index in [1.54, 1.807) is 24.6 Å². The third kappa shape index (κ3) is 3.05. The number of anilines is 1. The Kier molecular flexibility index (Phi) is 4.52. The summed E-state index contributed by atoms with van der Waals surface area (Å²) in [6.45, 7) is 1.94. The molecule has 1 N–H and O–H groups in total. The molecule has 0 fully saturated rings. The van der Waals surface area contributed by atoms with Gasteiger partial charge in [-0.1, -0.05) is 29.5 Å². The first-order valence-corrected chi connectivity index (χ1v) is 6.94. The molecule has 0 aliphatic rings. The van der Waals surface area contributed by atoms with E-state index in [-0.39, 0.29) is 12.1 Å². The fourth-order valence-electron chi connectivity index (χ4n) is 1.80. The van der Waals surface area contributed by atoms with Crippen molar-refractivity contribution in [1.29, 1.82) is 0 Å². The predicted octanol–water partition coefficient (Wildman–Crippen LogP) is 2.77. The molecular formula is C13H16N4O2S. The average Bonchev–Trinajstić information content (AvgIpc) is 2.98. The Morgan fingerprint density at radius 3 is 2.85 bits per heavy atom. The van der Waals surface area contributed by atoms with Crippen LogP contribution in [0.3, 0.4) is 0 Å². The van der Waals surface area contributed by atoms with Crippen LogP contribution in [-0.2, 0) is 0 Å². The molecule has 0 bridgehead atoms. The number of nitrogens with one attached hydrogen (secondary N) is 1. The van der Waals surface area contributed by atoms with E-state index in [9.17, 15) is 4.79 Å². The van der Waals surface area contributed by atoms with Crippen molar-refractivity contribution < 1.29 is 9.53 Å². The van der Waals surface area contributed by atoms with Crippen LogP contribution in [0.5, 0.6) is 5.75 Å². The molecule has 0 saturated heterocycles. The fraction of sp³-hybridized carbons (Fsp3) is 0.308. The normalized spacial score (nSPS) is 11.8. The minimum Gasteiger partial charge on any atom is -0.496 e. The first kappa shape index (κ1) is 14.3. The van der Waals surface area contributed by atoms with Crippen LogP contribution in [0.15, 0.2) is 29.8 Å². The molecule has 0 spiro atoms. The van der Waals surface area contributed by atoms with Gasteiger partial charge in [0.2, 0.25) is 5.13 Å². The number of rotatable bonds is 4. The summed E-state index contributed by atoms with van der Waals surface area (Å²) in [5.74, 6) is 0.760. The topological polar surface area (TPSA) is 67.3 Å². The molecule has 2 amide bonds. The Morgan fingerprint density at radius 2 is 2.20 bits per heavy atom. The van der Waals surface area contributed by atoms with Crippen molar-refractivity contribution in [2.45, 2.75) is 13.0 Å². The lowest BCUT2D eigenvalue weighted by atomic mass is 10.1. The summed E-state index contributed by atoms with van der Waals surface area (Å²) < 4.78 is 5.32. The van der Waals surface area contributed by atoms with Crippen LogP contribution < -0.4 is 10.1 Å². The molecule has 0 aliphatic carbocycles. The van der Waals surface area contributed by atoms with Crippen LogP contribution in [0.25, 0.3) is 0 Å². The third-order valence-electron chi connectivity index (χ3n) is 3.06. The summed E-state index contributed by atoms with van der Waals surface area (Å²) in [7, 11) is 3.35. The fourth-order valence-corrected chi connectivity index (χ4v) is 2.24. The number of aromatic nitrogens is 2. The van der Waals surface area contributed by atoms with Crippen LogP contribution in [0.2, 0.25) is 0 Å². The third-order valence-corrected chi connectivity index (χ3v) is 3.67. The summed E-state index contributed by atoms with van der Waals surface area (Å²) >= 11 is 1.28. The molecule has 0 unspecified atom stereocenters. The maximum absolute atomic E-state index is 12.1. The van der Waals surface area contributed by atoms with Gasteiger partial charge in [-0.05, 0) is 13.0 Å². The first-order chi connectivity index (χ1) is 9.63. The summed E-state index contributed by atoms with van der Waals surface area (Å²) in [5.41, 5.74) is 2.52. The molecule has 2 rings (SSSR count). The second-order valence-corrected chi connectivity index (χ2v) is 5.04. The van der Waals surface area contributed by atoms with Crippen LogP contribution in [0.1, 0.15) is 18.5 Å². The molecule has 1 atom stereocenters. The number of hydrogen-bond donors (Lipinski definition) is 1. The lowest BCUT2D eigenvalue weighted by Crippen LogP contribution is -2.33. The Hall–Kier alpha value is -2.15. The molecule has 20 heavy (non-hydrogen) atoms. The lowest BCUT2D eigenvalue weighted by molar-refractivity contribution is 0.207. The first-order valence-electron chi connectivity index (χ1n) is 6.06. The zero-order valence-corrected chi connectivity index (χ0v) is 12.3. The minimum absolute atomic E-state index is 0.126. The minimum atomic E-state index is -0.236. The molecule has 1 heterocycles. The highest BCUT2D eigenvalue weighted by Gasteiger charge is 2.20. The van der Waals surface area contributed by atoms with Gasteiger partial charge in [0.1, 0.15) is 11.3 Å². The van der Waals surface area contributed by atoms with Gasteiger partial charge in [0.25, 0.3) is 0 Å². The zero-order chi connectivity index (χ0) is 14.5. The number of urea groups is 1. The molecular weight excluding hydrogens is 276 g/mol. The van der Waals surface area contributed by atoms with Gasteiger partial charge in [0, 0.05) is 12.6 Å². The molecule has 106 valence electrons. The maximum Gasteiger partial charge on any atom is 0.323 e. The largest absolute Gasteiger partial charge is 0.496 e. The van der Waals surface area contributed by atoms with Crippen molar-refractivity contribution in [3.05, 3.63) is 35.3 Å². The van der Waals surface area contributed by atoms with Crippen LogP contribution in [-0.4, -0.2) is 35.3 Å². The van der Waals surface area contributed by atoms with E-state index in [1.165, 1.54) is 11.3 Å². The predicted molar refractivity (Wildman–Crippen MR) is 78.1 cm³/mol. The Labute approximate surface area is 121 Å². The molecule has 0 saturated carbocycles. The average molecular weight is 292 g/mol. The van der Waals surface area contributed by atoms with Gasteiger partial charge >= 0.3 is 6.03 Å². The Bertz CT molecular complexity index is 574. The van der Waals surface area contributed by atoms with E-state index in [0.717, 1.165) is 11.3 Å². The molecule has 0 aliphatic heterocycles. The molecule has 1 aromatic carbocycles. The summed E-state index contributed by atoms with van der Waals surface area (Å²) in [4.78, 5) is 13.7. The number of para-hydroxylation sites is 1. The van der Waals surface area contributed by atoms with Gasteiger partial charge in [0.05, 0.1) is 13.2 Å². The number of amides is 2. The van der Waals surface area contributed by atoms with Crippen molar-refractivity contribution in [3.63, 3.8) is 0 Å². The summed E-state index contributed by atoms with van der Waals surface area (Å²) in [5, 5.41) is 10.7. The highest BCUT2D eigenvalue weighted by atomic mass is 32.1. The van der Waals surface area contributed by atoms with Crippen LogP contribution >= 0.6 is 11.3 Å². The summed E-state index contributed by atoms with van der Waals surface area (Å²) in [6, 6.07) is 7.28. The molecule has 1 aromatic heterocycles. The number of benzene rings is 1. The second kappa shape index (κ2) is 6.33. The second-order valence-electron chi connectivity index (χ2n) is 4.20. The smallest absolute Gasteiger partial charge is 0.323 e. The van der Waals surface area contributed by atoms with E-state index >= 15 is 0 Å². The quantitative estimate of drug-likeness (QED) is 0.941. The van der Waals surface area contributed by atoms with E-state index in [4.69, 9.17) is 4.74 Å². The number of carbonyl (C=O) groups is 1.